The molecule has 5 heteroatoms. The van der Waals surface area contributed by atoms with E-state index in [2.05, 4.69) is 35.0 Å². The van der Waals surface area contributed by atoms with E-state index in [0.29, 0.717) is 24.9 Å². The number of halogens is 1. The first kappa shape index (κ1) is 19.2. The van der Waals surface area contributed by atoms with E-state index in [1.165, 1.54) is 28.5 Å². The van der Waals surface area contributed by atoms with E-state index in [1.807, 2.05) is 0 Å². The molecule has 3 nitrogen and oxygen atoms in total. The lowest BCUT2D eigenvalue weighted by atomic mass is 9.84. The van der Waals surface area contributed by atoms with Crippen molar-refractivity contribution in [3.8, 4) is 0 Å². The van der Waals surface area contributed by atoms with E-state index in [9.17, 15) is 4.79 Å². The third-order valence-corrected chi connectivity index (χ3v) is 5.98. The number of aryl methyl sites for hydroxylation is 1. The van der Waals surface area contributed by atoms with Crippen LogP contribution in [0.25, 0.3) is 10.1 Å². The number of nitrogens with two attached hydrogens (primary N) is 1. The van der Waals surface area contributed by atoms with E-state index in [4.69, 9.17) is 5.73 Å². The Labute approximate surface area is 154 Å². The molecule has 1 amide bonds. The Morgan fingerprint density at radius 3 is 2.88 bits per heavy atom. The largest absolute Gasteiger partial charge is 0.353 e. The zero-order chi connectivity index (χ0) is 16.1. The molecule has 3 rings (SSSR count). The summed E-state index contributed by atoms with van der Waals surface area (Å²) in [6.45, 7) is 0.686. The van der Waals surface area contributed by atoms with E-state index < -0.39 is 0 Å². The molecule has 1 aromatic carbocycles. The Morgan fingerprint density at radius 1 is 1.25 bits per heavy atom. The summed E-state index contributed by atoms with van der Waals surface area (Å²) in [6, 6.07) is 8.79. The molecule has 1 aromatic heterocycles. The van der Waals surface area contributed by atoms with Crippen LogP contribution in [0, 0.1) is 5.92 Å². The number of fused-ring (bicyclic) bond motifs is 1. The smallest absolute Gasteiger partial charge is 0.220 e. The number of carbonyl (C=O) groups excluding carboxylic acids is 1. The van der Waals surface area contributed by atoms with E-state index in [0.717, 1.165) is 25.7 Å². The van der Waals surface area contributed by atoms with Crippen molar-refractivity contribution >= 4 is 39.7 Å². The van der Waals surface area contributed by atoms with Gasteiger partial charge in [0.2, 0.25) is 5.91 Å². The minimum atomic E-state index is 0. The maximum Gasteiger partial charge on any atom is 0.220 e. The maximum absolute atomic E-state index is 12.2. The van der Waals surface area contributed by atoms with Crippen LogP contribution in [0.5, 0.6) is 0 Å². The zero-order valence-electron chi connectivity index (χ0n) is 14.0. The summed E-state index contributed by atoms with van der Waals surface area (Å²) in [4.78, 5) is 12.2. The molecule has 0 spiro atoms. The average molecular weight is 367 g/mol. The van der Waals surface area contributed by atoms with Gasteiger partial charge in [-0.05, 0) is 60.5 Å². The van der Waals surface area contributed by atoms with Crippen LogP contribution in [-0.2, 0) is 11.2 Å². The Morgan fingerprint density at radius 2 is 2.04 bits per heavy atom. The monoisotopic (exact) mass is 366 g/mol. The second-order valence-corrected chi connectivity index (χ2v) is 7.48. The summed E-state index contributed by atoms with van der Waals surface area (Å²) >= 11 is 1.79. The molecule has 1 heterocycles. The van der Waals surface area contributed by atoms with Crippen molar-refractivity contribution in [2.75, 3.05) is 6.54 Å². The van der Waals surface area contributed by atoms with Gasteiger partial charge in [-0.25, -0.2) is 0 Å². The highest BCUT2D eigenvalue weighted by Gasteiger charge is 2.24. The fraction of sp³-hybridized carbons (Fsp3) is 0.526. The minimum Gasteiger partial charge on any atom is -0.353 e. The van der Waals surface area contributed by atoms with E-state index in [1.54, 1.807) is 11.3 Å². The summed E-state index contributed by atoms with van der Waals surface area (Å²) in [5.74, 6) is 0.656. The topological polar surface area (TPSA) is 55.1 Å². The number of hydrogen-bond acceptors (Lipinski definition) is 3. The van der Waals surface area contributed by atoms with Gasteiger partial charge in [0.1, 0.15) is 0 Å². The number of amides is 1. The highest BCUT2D eigenvalue weighted by molar-refractivity contribution is 7.17. The molecule has 0 bridgehead atoms. The predicted molar refractivity (Wildman–Crippen MR) is 105 cm³/mol. The molecule has 2 unspecified atom stereocenters. The van der Waals surface area contributed by atoms with Crippen molar-refractivity contribution in [3.63, 3.8) is 0 Å². The van der Waals surface area contributed by atoms with Crippen molar-refractivity contribution in [1.82, 2.24) is 5.32 Å². The highest BCUT2D eigenvalue weighted by atomic mass is 35.5. The number of thiophene rings is 1. The molecule has 1 fully saturated rings. The molecule has 1 aliphatic rings. The molecule has 0 aliphatic heterocycles. The van der Waals surface area contributed by atoms with Gasteiger partial charge in [-0.2, -0.15) is 0 Å². The third-order valence-electron chi connectivity index (χ3n) is 4.97. The van der Waals surface area contributed by atoms with Gasteiger partial charge in [0.25, 0.3) is 0 Å². The molecular formula is C19H27ClN2OS. The molecule has 1 aliphatic carbocycles. The number of nitrogens with one attached hydrogen (secondary N) is 1. The Kier molecular flexibility index (Phi) is 7.53. The summed E-state index contributed by atoms with van der Waals surface area (Å²) in [7, 11) is 0. The quantitative estimate of drug-likeness (QED) is 0.801. The zero-order valence-corrected chi connectivity index (χ0v) is 15.6. The van der Waals surface area contributed by atoms with E-state index in [-0.39, 0.29) is 18.3 Å². The first-order valence-electron chi connectivity index (χ1n) is 8.72. The predicted octanol–water partition coefficient (Wildman–Crippen LogP) is 4.28. The Bertz CT molecular complexity index is 658. The fourth-order valence-corrected chi connectivity index (χ4v) is 4.62. The lowest BCUT2D eigenvalue weighted by molar-refractivity contribution is -0.122. The maximum atomic E-state index is 12.2. The second-order valence-electron chi connectivity index (χ2n) is 6.56. The number of benzene rings is 1. The SMILES string of the molecule is Cl.NCC1CCCCC1NC(=O)CCCc1csc2ccccc12. The van der Waals surface area contributed by atoms with Gasteiger partial charge in [-0.3, -0.25) is 4.79 Å². The molecule has 132 valence electrons. The molecule has 2 aromatic rings. The summed E-state index contributed by atoms with van der Waals surface area (Å²) < 4.78 is 1.33. The summed E-state index contributed by atoms with van der Waals surface area (Å²) in [6.07, 6.45) is 7.19. The molecule has 3 N–H and O–H groups in total. The lowest BCUT2D eigenvalue weighted by Crippen LogP contribution is -2.44. The normalized spacial score (nSPS) is 20.5. The molecule has 24 heavy (non-hydrogen) atoms. The molecule has 0 saturated heterocycles. The van der Waals surface area contributed by atoms with Crippen LogP contribution in [0.2, 0.25) is 0 Å². The number of hydrogen-bond donors (Lipinski definition) is 2. The lowest BCUT2D eigenvalue weighted by Gasteiger charge is -2.31. The van der Waals surface area contributed by atoms with Gasteiger partial charge in [0, 0.05) is 17.2 Å². The van der Waals surface area contributed by atoms with Gasteiger partial charge in [0.15, 0.2) is 0 Å². The van der Waals surface area contributed by atoms with Crippen LogP contribution < -0.4 is 11.1 Å². The average Bonchev–Trinajstić information content (AvgIpc) is 2.99. The van der Waals surface area contributed by atoms with Gasteiger partial charge in [-0.1, -0.05) is 31.0 Å². The Hall–Kier alpha value is -1.10. The van der Waals surface area contributed by atoms with Gasteiger partial charge in [0.05, 0.1) is 0 Å². The number of carbonyl (C=O) groups is 1. The van der Waals surface area contributed by atoms with Gasteiger partial charge >= 0.3 is 0 Å². The summed E-state index contributed by atoms with van der Waals surface area (Å²) in [5, 5.41) is 6.79. The first-order valence-corrected chi connectivity index (χ1v) is 9.60. The van der Waals surface area contributed by atoms with Crippen molar-refractivity contribution in [2.24, 2.45) is 11.7 Å². The van der Waals surface area contributed by atoms with Gasteiger partial charge in [-0.15, -0.1) is 23.7 Å². The van der Waals surface area contributed by atoms with Crippen LogP contribution in [0.3, 0.4) is 0 Å². The standard InChI is InChI=1S/C19H26N2OS.ClH/c20-12-14-6-1-3-9-17(14)21-19(22)11-5-7-15-13-23-18-10-4-2-8-16(15)18;/h2,4,8,10,13-14,17H,1,3,5-7,9,11-12,20H2,(H,21,22);1H. The molecule has 2 atom stereocenters. The van der Waals surface area contributed by atoms with Crippen LogP contribution in [0.1, 0.15) is 44.1 Å². The number of rotatable bonds is 6. The third kappa shape index (κ3) is 4.71. The van der Waals surface area contributed by atoms with Crippen molar-refractivity contribution in [2.45, 2.75) is 51.0 Å². The van der Waals surface area contributed by atoms with Crippen LogP contribution in [0.15, 0.2) is 29.6 Å². The van der Waals surface area contributed by atoms with Crippen LogP contribution in [-0.4, -0.2) is 18.5 Å². The van der Waals surface area contributed by atoms with Crippen molar-refractivity contribution in [1.29, 1.82) is 0 Å². The van der Waals surface area contributed by atoms with Crippen LogP contribution in [0.4, 0.5) is 0 Å². The minimum absolute atomic E-state index is 0. The molecule has 0 radical (unpaired) electrons. The molecular weight excluding hydrogens is 340 g/mol. The van der Waals surface area contributed by atoms with E-state index >= 15 is 0 Å². The Balaban J connectivity index is 0.00000208. The first-order chi connectivity index (χ1) is 11.3. The van der Waals surface area contributed by atoms with Crippen molar-refractivity contribution < 1.29 is 4.79 Å². The fourth-order valence-electron chi connectivity index (χ4n) is 3.62. The summed E-state index contributed by atoms with van der Waals surface area (Å²) in [5.41, 5.74) is 7.21. The van der Waals surface area contributed by atoms with Crippen LogP contribution >= 0.6 is 23.7 Å². The van der Waals surface area contributed by atoms with Crippen molar-refractivity contribution in [3.05, 3.63) is 35.2 Å². The second kappa shape index (κ2) is 9.40. The highest BCUT2D eigenvalue weighted by Crippen LogP contribution is 2.27. The van der Waals surface area contributed by atoms with Gasteiger partial charge < -0.3 is 11.1 Å². The molecule has 1 saturated carbocycles.